The molecule has 0 aliphatic carbocycles. The van der Waals surface area contributed by atoms with Crippen molar-refractivity contribution in [3.05, 3.63) is 77.2 Å². The van der Waals surface area contributed by atoms with Gasteiger partial charge in [0.1, 0.15) is 0 Å². The molecule has 2 heterocycles. The Bertz CT molecular complexity index is 1510. The second kappa shape index (κ2) is 9.08. The predicted molar refractivity (Wildman–Crippen MR) is 131 cm³/mol. The molecule has 2 N–H and O–H groups in total. The molecule has 0 radical (unpaired) electrons. The van der Waals surface area contributed by atoms with Crippen LogP contribution in [0.1, 0.15) is 25.3 Å². The summed E-state index contributed by atoms with van der Waals surface area (Å²) in [6, 6.07) is 20.2. The Labute approximate surface area is 197 Å². The molecule has 1 aromatic heterocycles. The summed E-state index contributed by atoms with van der Waals surface area (Å²) in [5.74, 6) is -0.0917. The zero-order valence-corrected chi connectivity index (χ0v) is 19.4. The number of imidazole rings is 1. The van der Waals surface area contributed by atoms with E-state index in [9.17, 15) is 18.0 Å². The maximum absolute atomic E-state index is 12.7. The Hall–Kier alpha value is -3.43. The first-order valence-corrected chi connectivity index (χ1v) is 12.9. The number of hydrogen-bond donors (Lipinski definition) is 2. The van der Waals surface area contributed by atoms with Gasteiger partial charge in [-0.3, -0.25) is 9.36 Å². The van der Waals surface area contributed by atoms with Gasteiger partial charge in [-0.05, 0) is 47.9 Å². The van der Waals surface area contributed by atoms with Crippen LogP contribution in [0.5, 0.6) is 0 Å². The number of hydrogen-bond acceptors (Lipinski definition) is 4. The highest BCUT2D eigenvalue weighted by atomic mass is 32.2. The van der Waals surface area contributed by atoms with Gasteiger partial charge in [0.15, 0.2) is 0 Å². The fourth-order valence-electron chi connectivity index (χ4n) is 4.68. The molecular formula is C25H26N4O4S. The van der Waals surface area contributed by atoms with E-state index in [-0.39, 0.29) is 35.5 Å². The third-order valence-corrected chi connectivity index (χ3v) is 7.93. The number of carbonyl (C=O) groups excluding carboxylic acids is 1. The highest BCUT2D eigenvalue weighted by Gasteiger charge is 2.26. The number of nitrogens with zero attached hydrogens (tertiary/aromatic N) is 2. The lowest BCUT2D eigenvalue weighted by Gasteiger charge is -2.32. The number of H-pyrrole nitrogens is 1. The molecule has 3 aromatic carbocycles. The van der Waals surface area contributed by atoms with E-state index >= 15 is 0 Å². The Balaban J connectivity index is 1.16. The molecular weight excluding hydrogens is 452 g/mol. The van der Waals surface area contributed by atoms with Crippen LogP contribution in [0.15, 0.2) is 76.4 Å². The van der Waals surface area contributed by atoms with E-state index < -0.39 is 10.0 Å². The SMILES string of the molecule is O=C(CCNS(=O)(=O)c1ccc2ccccc2c1)N1CCC(n2c(=O)[nH]c3ccccc32)CC1. The van der Waals surface area contributed by atoms with Gasteiger partial charge >= 0.3 is 5.69 Å². The van der Waals surface area contributed by atoms with E-state index in [1.807, 2.05) is 48.5 Å². The fourth-order valence-corrected chi connectivity index (χ4v) is 5.75. The van der Waals surface area contributed by atoms with Crippen molar-refractivity contribution < 1.29 is 13.2 Å². The first-order valence-electron chi connectivity index (χ1n) is 11.4. The molecule has 9 heteroatoms. The van der Waals surface area contributed by atoms with Gasteiger partial charge < -0.3 is 9.88 Å². The average molecular weight is 479 g/mol. The number of aromatic nitrogens is 2. The minimum Gasteiger partial charge on any atom is -0.343 e. The molecule has 0 spiro atoms. The summed E-state index contributed by atoms with van der Waals surface area (Å²) in [5.41, 5.74) is 1.55. The molecule has 1 amide bonds. The van der Waals surface area contributed by atoms with Crippen LogP contribution in [-0.4, -0.2) is 48.4 Å². The summed E-state index contributed by atoms with van der Waals surface area (Å²) < 4.78 is 29.7. The molecule has 4 aromatic rings. The Morgan fingerprint density at radius 2 is 1.68 bits per heavy atom. The van der Waals surface area contributed by atoms with Crippen molar-refractivity contribution in [3.8, 4) is 0 Å². The number of amides is 1. The lowest BCUT2D eigenvalue weighted by Crippen LogP contribution is -2.41. The number of benzene rings is 3. The maximum Gasteiger partial charge on any atom is 0.326 e. The van der Waals surface area contributed by atoms with Gasteiger partial charge in [-0.1, -0.05) is 42.5 Å². The molecule has 5 rings (SSSR count). The van der Waals surface area contributed by atoms with Crippen LogP contribution < -0.4 is 10.4 Å². The summed E-state index contributed by atoms with van der Waals surface area (Å²) >= 11 is 0. The van der Waals surface area contributed by atoms with Crippen LogP contribution in [0.3, 0.4) is 0 Å². The molecule has 0 atom stereocenters. The van der Waals surface area contributed by atoms with E-state index in [0.29, 0.717) is 25.9 Å². The standard InChI is InChI=1S/C25H26N4O4S/c30-24(11-14-26-34(32,33)21-10-9-18-5-1-2-6-19(18)17-21)28-15-12-20(13-16-28)29-23-8-4-3-7-22(23)27-25(29)31/h1-10,17,20,26H,11-16H2,(H,27,31). The predicted octanol–water partition coefficient (Wildman–Crippen LogP) is 3.01. The van der Waals surface area contributed by atoms with Crippen molar-refractivity contribution in [2.75, 3.05) is 19.6 Å². The second-order valence-corrected chi connectivity index (χ2v) is 10.4. The van der Waals surface area contributed by atoms with Crippen LogP contribution in [0.25, 0.3) is 21.8 Å². The number of likely N-dealkylation sites (tertiary alicyclic amines) is 1. The monoisotopic (exact) mass is 478 g/mol. The summed E-state index contributed by atoms with van der Waals surface area (Å²) in [7, 11) is -3.70. The number of fused-ring (bicyclic) bond motifs is 2. The lowest BCUT2D eigenvalue weighted by atomic mass is 10.0. The van der Waals surface area contributed by atoms with Gasteiger partial charge in [0, 0.05) is 32.1 Å². The minimum absolute atomic E-state index is 0.0270. The van der Waals surface area contributed by atoms with E-state index in [2.05, 4.69) is 9.71 Å². The minimum atomic E-state index is -3.70. The van der Waals surface area contributed by atoms with E-state index in [1.54, 1.807) is 27.7 Å². The Kier molecular flexibility index (Phi) is 5.97. The average Bonchev–Trinajstić information content (AvgIpc) is 3.19. The number of piperidine rings is 1. The van der Waals surface area contributed by atoms with Crippen molar-refractivity contribution in [1.29, 1.82) is 0 Å². The molecule has 0 unspecified atom stereocenters. The number of aromatic amines is 1. The normalized spacial score (nSPS) is 15.2. The summed E-state index contributed by atoms with van der Waals surface area (Å²) in [4.78, 5) is 29.9. The number of sulfonamides is 1. The summed E-state index contributed by atoms with van der Waals surface area (Å²) in [5, 5.41) is 1.81. The zero-order chi connectivity index (χ0) is 23.7. The molecule has 1 aliphatic rings. The molecule has 0 saturated carbocycles. The lowest BCUT2D eigenvalue weighted by molar-refractivity contribution is -0.132. The van der Waals surface area contributed by atoms with Gasteiger partial charge in [-0.25, -0.2) is 17.9 Å². The molecule has 34 heavy (non-hydrogen) atoms. The quantitative estimate of drug-likeness (QED) is 0.445. The van der Waals surface area contributed by atoms with Gasteiger partial charge in [-0.15, -0.1) is 0 Å². The van der Waals surface area contributed by atoms with Gasteiger partial charge in [0.05, 0.1) is 15.9 Å². The summed E-state index contributed by atoms with van der Waals surface area (Å²) in [6.07, 6.45) is 1.44. The highest BCUT2D eigenvalue weighted by Crippen LogP contribution is 2.25. The zero-order valence-electron chi connectivity index (χ0n) is 18.6. The largest absolute Gasteiger partial charge is 0.343 e. The molecule has 1 fully saturated rings. The fraction of sp³-hybridized carbons (Fsp3) is 0.280. The number of nitrogens with one attached hydrogen (secondary N) is 2. The Morgan fingerprint density at radius 1 is 0.971 bits per heavy atom. The van der Waals surface area contributed by atoms with Gasteiger partial charge in [0.25, 0.3) is 0 Å². The van der Waals surface area contributed by atoms with E-state index in [4.69, 9.17) is 0 Å². The number of rotatable bonds is 6. The van der Waals surface area contributed by atoms with Crippen LogP contribution in [0, 0.1) is 0 Å². The summed E-state index contributed by atoms with van der Waals surface area (Å²) in [6.45, 7) is 1.11. The van der Waals surface area contributed by atoms with Gasteiger partial charge in [0.2, 0.25) is 15.9 Å². The van der Waals surface area contributed by atoms with Crippen molar-refractivity contribution in [3.63, 3.8) is 0 Å². The van der Waals surface area contributed by atoms with Crippen LogP contribution in [0.4, 0.5) is 0 Å². The van der Waals surface area contributed by atoms with Crippen molar-refractivity contribution in [2.45, 2.75) is 30.2 Å². The van der Waals surface area contributed by atoms with E-state index in [0.717, 1.165) is 21.8 Å². The van der Waals surface area contributed by atoms with Crippen LogP contribution >= 0.6 is 0 Å². The van der Waals surface area contributed by atoms with E-state index in [1.165, 1.54) is 0 Å². The Morgan fingerprint density at radius 3 is 2.47 bits per heavy atom. The van der Waals surface area contributed by atoms with Crippen molar-refractivity contribution in [2.24, 2.45) is 0 Å². The molecule has 1 aliphatic heterocycles. The third kappa shape index (κ3) is 4.36. The molecule has 0 bridgehead atoms. The van der Waals surface area contributed by atoms with Crippen molar-refractivity contribution in [1.82, 2.24) is 19.2 Å². The first-order chi connectivity index (χ1) is 16.4. The van der Waals surface area contributed by atoms with Crippen LogP contribution in [-0.2, 0) is 14.8 Å². The van der Waals surface area contributed by atoms with Crippen LogP contribution in [0.2, 0.25) is 0 Å². The van der Waals surface area contributed by atoms with Crippen molar-refractivity contribution >= 4 is 37.7 Å². The number of para-hydroxylation sites is 2. The maximum atomic E-state index is 12.7. The first kappa shape index (κ1) is 22.4. The number of carbonyl (C=O) groups is 1. The third-order valence-electron chi connectivity index (χ3n) is 6.47. The molecule has 1 saturated heterocycles. The smallest absolute Gasteiger partial charge is 0.326 e. The van der Waals surface area contributed by atoms with Gasteiger partial charge in [-0.2, -0.15) is 0 Å². The second-order valence-electron chi connectivity index (χ2n) is 8.59. The molecule has 176 valence electrons. The topological polar surface area (TPSA) is 104 Å². The highest BCUT2D eigenvalue weighted by molar-refractivity contribution is 7.89. The molecule has 8 nitrogen and oxygen atoms in total.